The van der Waals surface area contributed by atoms with Crippen LogP contribution in [0, 0.1) is 11.6 Å². The Labute approximate surface area is 124 Å². The minimum absolute atomic E-state index is 0.0450. The van der Waals surface area contributed by atoms with Gasteiger partial charge in [-0.3, -0.25) is 4.79 Å². The molecular weight excluding hydrogens is 274 g/mol. The fraction of sp³-hybridized carbons (Fsp3) is 0.562. The standard InChI is InChI=1S/C16H22F2N2O/c1-3-20(4-2)16(21)15-9-11(7-8-19-15)13-6-5-12(17)10-14(13)18/h5-6,10-11,15,19H,3-4,7-9H2,1-2H3. The van der Waals surface area contributed by atoms with E-state index in [4.69, 9.17) is 0 Å². The monoisotopic (exact) mass is 296 g/mol. The SMILES string of the molecule is CCN(CC)C(=O)C1CC(c2ccc(F)cc2F)CCN1. The second kappa shape index (κ2) is 6.98. The van der Waals surface area contributed by atoms with Crippen LogP contribution < -0.4 is 5.32 Å². The van der Waals surface area contributed by atoms with Gasteiger partial charge in [-0.25, -0.2) is 8.78 Å². The third-order valence-corrected chi connectivity index (χ3v) is 4.18. The summed E-state index contributed by atoms with van der Waals surface area (Å²) in [5.41, 5.74) is 0.509. The molecule has 116 valence electrons. The summed E-state index contributed by atoms with van der Waals surface area (Å²) < 4.78 is 26.9. The first-order valence-corrected chi connectivity index (χ1v) is 7.53. The number of rotatable bonds is 4. The molecule has 1 aliphatic heterocycles. The van der Waals surface area contributed by atoms with Crippen molar-refractivity contribution in [1.82, 2.24) is 10.2 Å². The fourth-order valence-electron chi connectivity index (χ4n) is 2.98. The zero-order valence-corrected chi connectivity index (χ0v) is 12.5. The summed E-state index contributed by atoms with van der Waals surface area (Å²) in [6, 6.07) is 3.41. The minimum Gasteiger partial charge on any atom is -0.342 e. The van der Waals surface area contributed by atoms with Crippen LogP contribution in [0.2, 0.25) is 0 Å². The molecule has 0 radical (unpaired) electrons. The van der Waals surface area contributed by atoms with Crippen LogP contribution in [0.3, 0.4) is 0 Å². The largest absolute Gasteiger partial charge is 0.342 e. The number of nitrogens with zero attached hydrogens (tertiary/aromatic N) is 1. The molecule has 1 saturated heterocycles. The molecule has 2 rings (SSSR count). The van der Waals surface area contributed by atoms with E-state index in [0.29, 0.717) is 31.6 Å². The highest BCUT2D eigenvalue weighted by atomic mass is 19.1. The van der Waals surface area contributed by atoms with E-state index in [1.54, 1.807) is 4.90 Å². The van der Waals surface area contributed by atoms with Gasteiger partial charge in [-0.15, -0.1) is 0 Å². The van der Waals surface area contributed by atoms with Gasteiger partial charge in [0.15, 0.2) is 0 Å². The molecule has 0 aromatic heterocycles. The molecule has 1 fully saturated rings. The maximum absolute atomic E-state index is 13.9. The first-order valence-electron chi connectivity index (χ1n) is 7.53. The lowest BCUT2D eigenvalue weighted by atomic mass is 9.85. The number of carbonyl (C=O) groups excluding carboxylic acids is 1. The molecular formula is C16H22F2N2O. The summed E-state index contributed by atoms with van der Waals surface area (Å²) in [4.78, 5) is 14.2. The minimum atomic E-state index is -0.569. The van der Waals surface area contributed by atoms with E-state index in [0.717, 1.165) is 12.5 Å². The molecule has 5 heteroatoms. The predicted molar refractivity (Wildman–Crippen MR) is 78.1 cm³/mol. The molecule has 1 N–H and O–H groups in total. The smallest absolute Gasteiger partial charge is 0.239 e. The van der Waals surface area contributed by atoms with Crippen molar-refractivity contribution in [3.63, 3.8) is 0 Å². The van der Waals surface area contributed by atoms with Crippen molar-refractivity contribution < 1.29 is 13.6 Å². The number of carbonyl (C=O) groups is 1. The first-order chi connectivity index (χ1) is 10.1. The summed E-state index contributed by atoms with van der Waals surface area (Å²) in [6.07, 6.45) is 1.31. The second-order valence-corrected chi connectivity index (χ2v) is 5.40. The van der Waals surface area contributed by atoms with Gasteiger partial charge >= 0.3 is 0 Å². The average molecular weight is 296 g/mol. The quantitative estimate of drug-likeness (QED) is 0.926. The molecule has 1 heterocycles. The van der Waals surface area contributed by atoms with E-state index in [-0.39, 0.29) is 17.9 Å². The van der Waals surface area contributed by atoms with Crippen LogP contribution in [0.4, 0.5) is 8.78 Å². The molecule has 3 nitrogen and oxygen atoms in total. The number of benzene rings is 1. The highest BCUT2D eigenvalue weighted by molar-refractivity contribution is 5.82. The lowest BCUT2D eigenvalue weighted by molar-refractivity contribution is -0.133. The molecule has 0 bridgehead atoms. The van der Waals surface area contributed by atoms with Crippen molar-refractivity contribution >= 4 is 5.91 Å². The number of hydrogen-bond donors (Lipinski definition) is 1. The van der Waals surface area contributed by atoms with Crippen LogP contribution in [-0.4, -0.2) is 36.5 Å². The van der Waals surface area contributed by atoms with Gasteiger partial charge in [0, 0.05) is 19.2 Å². The zero-order valence-electron chi connectivity index (χ0n) is 12.5. The van der Waals surface area contributed by atoms with Crippen LogP contribution >= 0.6 is 0 Å². The van der Waals surface area contributed by atoms with Crippen LogP contribution in [-0.2, 0) is 4.79 Å². The Hall–Kier alpha value is -1.49. The van der Waals surface area contributed by atoms with E-state index in [2.05, 4.69) is 5.32 Å². The Morgan fingerprint density at radius 3 is 2.67 bits per heavy atom. The van der Waals surface area contributed by atoms with E-state index in [1.165, 1.54) is 12.1 Å². The summed E-state index contributed by atoms with van der Waals surface area (Å²) in [5, 5.41) is 3.21. The van der Waals surface area contributed by atoms with Crippen molar-refractivity contribution in [3.05, 3.63) is 35.4 Å². The summed E-state index contributed by atoms with van der Waals surface area (Å²) in [6.45, 7) is 5.90. The van der Waals surface area contributed by atoms with E-state index < -0.39 is 11.6 Å². The third-order valence-electron chi connectivity index (χ3n) is 4.18. The molecule has 21 heavy (non-hydrogen) atoms. The Kier molecular flexibility index (Phi) is 5.28. The third kappa shape index (κ3) is 3.59. The molecule has 0 saturated carbocycles. The number of halogens is 2. The molecule has 1 aromatic carbocycles. The number of piperidine rings is 1. The average Bonchev–Trinajstić information content (AvgIpc) is 2.48. The zero-order chi connectivity index (χ0) is 15.4. The van der Waals surface area contributed by atoms with Crippen molar-refractivity contribution in [1.29, 1.82) is 0 Å². The van der Waals surface area contributed by atoms with Crippen LogP contribution in [0.5, 0.6) is 0 Å². The Balaban J connectivity index is 2.12. The van der Waals surface area contributed by atoms with E-state index in [9.17, 15) is 13.6 Å². The molecule has 1 aliphatic rings. The van der Waals surface area contributed by atoms with Gasteiger partial charge in [-0.2, -0.15) is 0 Å². The Bertz CT molecular complexity index is 503. The maximum Gasteiger partial charge on any atom is 0.239 e. The molecule has 1 aromatic rings. The highest BCUT2D eigenvalue weighted by Crippen LogP contribution is 2.30. The van der Waals surface area contributed by atoms with Gasteiger partial charge in [0.05, 0.1) is 6.04 Å². The highest BCUT2D eigenvalue weighted by Gasteiger charge is 2.30. The topological polar surface area (TPSA) is 32.3 Å². The van der Waals surface area contributed by atoms with Gasteiger partial charge in [-0.1, -0.05) is 6.07 Å². The lowest BCUT2D eigenvalue weighted by Crippen LogP contribution is -2.49. The number of likely N-dealkylation sites (N-methyl/N-ethyl adjacent to an activating group) is 1. The number of nitrogens with one attached hydrogen (secondary N) is 1. The first kappa shape index (κ1) is 15.9. The Morgan fingerprint density at radius 2 is 2.05 bits per heavy atom. The van der Waals surface area contributed by atoms with E-state index in [1.807, 2.05) is 13.8 Å². The summed E-state index contributed by atoms with van der Waals surface area (Å²) >= 11 is 0. The normalized spacial score (nSPS) is 22.1. The number of amides is 1. The van der Waals surface area contributed by atoms with Gasteiger partial charge in [0.25, 0.3) is 0 Å². The second-order valence-electron chi connectivity index (χ2n) is 5.40. The van der Waals surface area contributed by atoms with Gasteiger partial charge in [-0.05, 0) is 50.8 Å². The van der Waals surface area contributed by atoms with Gasteiger partial charge in [0.2, 0.25) is 5.91 Å². The van der Waals surface area contributed by atoms with Crippen molar-refractivity contribution in [2.75, 3.05) is 19.6 Å². The van der Waals surface area contributed by atoms with Crippen molar-refractivity contribution in [3.8, 4) is 0 Å². The lowest BCUT2D eigenvalue weighted by Gasteiger charge is -2.33. The van der Waals surface area contributed by atoms with Crippen LogP contribution in [0.1, 0.15) is 38.2 Å². The molecule has 2 unspecified atom stereocenters. The van der Waals surface area contributed by atoms with Gasteiger partial charge < -0.3 is 10.2 Å². The van der Waals surface area contributed by atoms with E-state index >= 15 is 0 Å². The maximum atomic E-state index is 13.9. The van der Waals surface area contributed by atoms with Crippen molar-refractivity contribution in [2.24, 2.45) is 0 Å². The predicted octanol–water partition coefficient (Wildman–Crippen LogP) is 2.67. The fourth-order valence-corrected chi connectivity index (χ4v) is 2.98. The summed E-state index contributed by atoms with van der Waals surface area (Å²) in [5.74, 6) is -1.07. The van der Waals surface area contributed by atoms with Crippen molar-refractivity contribution in [2.45, 2.75) is 38.6 Å². The molecule has 1 amide bonds. The Morgan fingerprint density at radius 1 is 1.33 bits per heavy atom. The summed E-state index contributed by atoms with van der Waals surface area (Å²) in [7, 11) is 0. The van der Waals surface area contributed by atoms with Crippen LogP contribution in [0.15, 0.2) is 18.2 Å². The molecule has 2 atom stereocenters. The molecule has 0 spiro atoms. The van der Waals surface area contributed by atoms with Gasteiger partial charge in [0.1, 0.15) is 11.6 Å². The molecule has 0 aliphatic carbocycles. The van der Waals surface area contributed by atoms with Crippen LogP contribution in [0.25, 0.3) is 0 Å². The number of hydrogen-bond acceptors (Lipinski definition) is 2.